The first kappa shape index (κ1) is 15.8. The van der Waals surface area contributed by atoms with Crippen LogP contribution in [-0.4, -0.2) is 36.0 Å². The summed E-state index contributed by atoms with van der Waals surface area (Å²) in [4.78, 5) is 26.2. The number of urea groups is 1. The maximum absolute atomic E-state index is 12.8. The van der Waals surface area contributed by atoms with Gasteiger partial charge < -0.3 is 15.5 Å². The number of rotatable bonds is 3. The van der Waals surface area contributed by atoms with Gasteiger partial charge in [-0.15, -0.1) is 0 Å². The molecule has 1 heterocycles. The lowest BCUT2D eigenvalue weighted by Gasteiger charge is -2.20. The van der Waals surface area contributed by atoms with E-state index in [2.05, 4.69) is 10.6 Å². The highest BCUT2D eigenvalue weighted by molar-refractivity contribution is 5.89. The molecule has 1 aromatic rings. The first-order chi connectivity index (χ1) is 11.1. The first-order valence-corrected chi connectivity index (χ1v) is 8.24. The summed E-state index contributed by atoms with van der Waals surface area (Å²) in [7, 11) is 0. The summed E-state index contributed by atoms with van der Waals surface area (Å²) in [6, 6.07) is 5.27. The van der Waals surface area contributed by atoms with Crippen molar-refractivity contribution in [2.75, 3.05) is 18.4 Å². The Morgan fingerprint density at radius 2 is 1.78 bits per heavy atom. The molecule has 2 fully saturated rings. The number of carbonyl (C=O) groups is 2. The molecule has 124 valence electrons. The average molecular weight is 319 g/mol. The molecular weight excluding hydrogens is 297 g/mol. The molecule has 2 aliphatic rings. The quantitative estimate of drug-likeness (QED) is 0.900. The second-order valence-electron chi connectivity index (χ2n) is 6.36. The molecule has 0 aromatic heterocycles. The van der Waals surface area contributed by atoms with Gasteiger partial charge >= 0.3 is 6.03 Å². The lowest BCUT2D eigenvalue weighted by Crippen LogP contribution is -2.41. The van der Waals surface area contributed by atoms with Crippen molar-refractivity contribution >= 4 is 17.6 Å². The summed E-state index contributed by atoms with van der Waals surface area (Å²) in [5, 5.41) is 5.55. The lowest BCUT2D eigenvalue weighted by atomic mass is 10.1. The van der Waals surface area contributed by atoms with Crippen molar-refractivity contribution in [1.82, 2.24) is 10.2 Å². The molecule has 1 aromatic carbocycles. The molecule has 23 heavy (non-hydrogen) atoms. The summed E-state index contributed by atoms with van der Waals surface area (Å²) in [6.07, 6.45) is 5.06. The molecule has 0 unspecified atom stereocenters. The molecule has 1 atom stereocenters. The number of hydrogen-bond donors (Lipinski definition) is 2. The largest absolute Gasteiger partial charge is 0.340 e. The van der Waals surface area contributed by atoms with Crippen LogP contribution in [0.15, 0.2) is 24.3 Å². The van der Waals surface area contributed by atoms with Gasteiger partial charge in [0.2, 0.25) is 5.91 Å². The summed E-state index contributed by atoms with van der Waals surface area (Å²) in [5.74, 6) is 0.0837. The van der Waals surface area contributed by atoms with Gasteiger partial charge in [0.15, 0.2) is 0 Å². The van der Waals surface area contributed by atoms with E-state index in [1.165, 1.54) is 24.3 Å². The smallest absolute Gasteiger partial charge is 0.319 e. The molecular formula is C17H22FN3O2. The Labute approximate surface area is 135 Å². The zero-order valence-corrected chi connectivity index (χ0v) is 13.1. The van der Waals surface area contributed by atoms with Crippen LogP contribution in [0.4, 0.5) is 14.9 Å². The molecule has 0 bridgehead atoms. The number of amides is 3. The number of hydrogen-bond acceptors (Lipinski definition) is 2. The van der Waals surface area contributed by atoms with Crippen molar-refractivity contribution in [3.8, 4) is 0 Å². The molecule has 1 aliphatic heterocycles. The Hall–Kier alpha value is -2.11. The van der Waals surface area contributed by atoms with Crippen molar-refractivity contribution < 1.29 is 14.0 Å². The van der Waals surface area contributed by atoms with Crippen LogP contribution in [0.5, 0.6) is 0 Å². The predicted molar refractivity (Wildman–Crippen MR) is 85.5 cm³/mol. The van der Waals surface area contributed by atoms with Crippen molar-refractivity contribution in [1.29, 1.82) is 0 Å². The van der Waals surface area contributed by atoms with Crippen LogP contribution in [0.3, 0.4) is 0 Å². The molecule has 3 amide bonds. The molecule has 5 nitrogen and oxygen atoms in total. The molecule has 1 aliphatic carbocycles. The SMILES string of the molecule is O=C(Nc1ccc(F)cc1)N[C@@H]1CCN(C(=O)C2CCCC2)C1. The van der Waals surface area contributed by atoms with E-state index in [0.717, 1.165) is 32.1 Å². The maximum Gasteiger partial charge on any atom is 0.319 e. The molecule has 0 radical (unpaired) electrons. The van der Waals surface area contributed by atoms with E-state index in [1.807, 2.05) is 4.90 Å². The number of carbonyl (C=O) groups excluding carboxylic acids is 2. The van der Waals surface area contributed by atoms with E-state index in [0.29, 0.717) is 18.8 Å². The normalized spacial score (nSPS) is 21.4. The van der Waals surface area contributed by atoms with Gasteiger partial charge in [0, 0.05) is 30.7 Å². The van der Waals surface area contributed by atoms with Gasteiger partial charge in [0.25, 0.3) is 0 Å². The fourth-order valence-electron chi connectivity index (χ4n) is 3.40. The number of anilines is 1. The van der Waals surface area contributed by atoms with E-state index in [4.69, 9.17) is 0 Å². The average Bonchev–Trinajstić information content (AvgIpc) is 3.20. The van der Waals surface area contributed by atoms with Crippen LogP contribution in [0.25, 0.3) is 0 Å². The third-order valence-corrected chi connectivity index (χ3v) is 4.64. The summed E-state index contributed by atoms with van der Waals surface area (Å²) < 4.78 is 12.8. The van der Waals surface area contributed by atoms with Gasteiger partial charge in [0.05, 0.1) is 0 Å². The fraction of sp³-hybridized carbons (Fsp3) is 0.529. The van der Waals surface area contributed by atoms with Gasteiger partial charge in [-0.05, 0) is 43.5 Å². The minimum absolute atomic E-state index is 0.0270. The second kappa shape index (κ2) is 6.98. The highest BCUT2D eigenvalue weighted by atomic mass is 19.1. The van der Waals surface area contributed by atoms with Gasteiger partial charge in [-0.3, -0.25) is 4.79 Å². The maximum atomic E-state index is 12.8. The number of nitrogens with zero attached hydrogens (tertiary/aromatic N) is 1. The molecule has 1 saturated heterocycles. The Kier molecular flexibility index (Phi) is 4.79. The van der Waals surface area contributed by atoms with Gasteiger partial charge in [0.1, 0.15) is 5.82 Å². The van der Waals surface area contributed by atoms with Crippen LogP contribution in [0, 0.1) is 11.7 Å². The van der Waals surface area contributed by atoms with Gasteiger partial charge in [-0.1, -0.05) is 12.8 Å². The summed E-state index contributed by atoms with van der Waals surface area (Å²) >= 11 is 0. The van der Waals surface area contributed by atoms with E-state index >= 15 is 0 Å². The van der Waals surface area contributed by atoms with Crippen LogP contribution in [-0.2, 0) is 4.79 Å². The van der Waals surface area contributed by atoms with Crippen molar-refractivity contribution in [3.05, 3.63) is 30.1 Å². The second-order valence-corrected chi connectivity index (χ2v) is 6.36. The lowest BCUT2D eigenvalue weighted by molar-refractivity contribution is -0.134. The van der Waals surface area contributed by atoms with E-state index in [9.17, 15) is 14.0 Å². The number of benzene rings is 1. The van der Waals surface area contributed by atoms with Crippen LogP contribution < -0.4 is 10.6 Å². The van der Waals surface area contributed by atoms with Gasteiger partial charge in [-0.25, -0.2) is 9.18 Å². The minimum atomic E-state index is -0.340. The number of halogens is 1. The van der Waals surface area contributed by atoms with Crippen LogP contribution in [0.2, 0.25) is 0 Å². The van der Waals surface area contributed by atoms with Crippen molar-refractivity contribution in [2.45, 2.75) is 38.1 Å². The third-order valence-electron chi connectivity index (χ3n) is 4.64. The van der Waals surface area contributed by atoms with E-state index < -0.39 is 0 Å². The van der Waals surface area contributed by atoms with Gasteiger partial charge in [-0.2, -0.15) is 0 Å². The Morgan fingerprint density at radius 3 is 2.48 bits per heavy atom. The van der Waals surface area contributed by atoms with E-state index in [1.54, 1.807) is 0 Å². The highest BCUT2D eigenvalue weighted by Gasteiger charge is 2.32. The third kappa shape index (κ3) is 4.00. The molecule has 1 saturated carbocycles. The van der Waals surface area contributed by atoms with Crippen molar-refractivity contribution in [2.24, 2.45) is 5.92 Å². The van der Waals surface area contributed by atoms with Crippen LogP contribution in [0.1, 0.15) is 32.1 Å². The Morgan fingerprint density at radius 1 is 1.09 bits per heavy atom. The molecule has 2 N–H and O–H groups in total. The number of nitrogens with one attached hydrogen (secondary N) is 2. The van der Waals surface area contributed by atoms with E-state index in [-0.39, 0.29) is 29.7 Å². The standard InChI is InChI=1S/C17H22FN3O2/c18-13-5-7-14(8-6-13)19-17(23)20-15-9-10-21(11-15)16(22)12-3-1-2-4-12/h5-8,12,15H,1-4,9-11H2,(H2,19,20,23)/t15-/m1/s1. The summed E-state index contributed by atoms with van der Waals surface area (Å²) in [6.45, 7) is 1.28. The monoisotopic (exact) mass is 319 g/mol. The van der Waals surface area contributed by atoms with Crippen LogP contribution >= 0.6 is 0 Å². The zero-order chi connectivity index (χ0) is 16.2. The zero-order valence-electron chi connectivity index (χ0n) is 13.1. The minimum Gasteiger partial charge on any atom is -0.340 e. The molecule has 0 spiro atoms. The summed E-state index contributed by atoms with van der Waals surface area (Å²) in [5.41, 5.74) is 0.542. The topological polar surface area (TPSA) is 61.4 Å². The molecule has 6 heteroatoms. The fourth-order valence-corrected chi connectivity index (χ4v) is 3.40. The Bertz CT molecular complexity index is 570. The number of likely N-dealkylation sites (tertiary alicyclic amines) is 1. The highest BCUT2D eigenvalue weighted by Crippen LogP contribution is 2.27. The predicted octanol–water partition coefficient (Wildman–Crippen LogP) is 2.74. The Balaban J connectivity index is 1.46. The van der Waals surface area contributed by atoms with Crippen molar-refractivity contribution in [3.63, 3.8) is 0 Å². The first-order valence-electron chi connectivity index (χ1n) is 8.24. The molecule has 3 rings (SSSR count).